The van der Waals surface area contributed by atoms with Crippen LogP contribution in [0.15, 0.2) is 40.2 Å². The van der Waals surface area contributed by atoms with Crippen LogP contribution in [-0.2, 0) is 11.8 Å². The van der Waals surface area contributed by atoms with E-state index in [0.717, 1.165) is 40.1 Å². The number of hydrogen-bond donors (Lipinski definition) is 1. The zero-order chi connectivity index (χ0) is 20.5. The summed E-state index contributed by atoms with van der Waals surface area (Å²) in [6.07, 6.45) is 5.41. The van der Waals surface area contributed by atoms with Crippen LogP contribution in [0, 0.1) is 5.92 Å². The molecule has 1 aromatic carbocycles. The maximum absolute atomic E-state index is 12.4. The van der Waals surface area contributed by atoms with Crippen LogP contribution in [0.4, 0.5) is 0 Å². The van der Waals surface area contributed by atoms with Crippen LogP contribution in [0.5, 0.6) is 5.75 Å². The molecule has 6 nitrogen and oxygen atoms in total. The van der Waals surface area contributed by atoms with Crippen molar-refractivity contribution in [2.75, 3.05) is 13.7 Å². The third-order valence-corrected chi connectivity index (χ3v) is 5.69. The molecular weight excluding hydrogens is 366 g/mol. The Hall–Kier alpha value is -2.89. The summed E-state index contributed by atoms with van der Waals surface area (Å²) in [6, 6.07) is 7.26. The Bertz CT molecular complexity index is 1030. The molecule has 152 valence electrons. The summed E-state index contributed by atoms with van der Waals surface area (Å²) in [4.78, 5) is 29.9. The van der Waals surface area contributed by atoms with E-state index in [4.69, 9.17) is 9.73 Å². The van der Waals surface area contributed by atoms with Crippen molar-refractivity contribution in [2.45, 2.75) is 38.6 Å². The molecular formula is C23H27N3O3. The first kappa shape index (κ1) is 19.4. The van der Waals surface area contributed by atoms with Gasteiger partial charge in [-0.25, -0.2) is 0 Å². The van der Waals surface area contributed by atoms with Gasteiger partial charge in [-0.2, -0.15) is 0 Å². The average molecular weight is 393 g/mol. The number of aromatic nitrogens is 1. The summed E-state index contributed by atoms with van der Waals surface area (Å²) in [5.41, 5.74) is 4.75. The molecule has 1 aromatic heterocycles. The van der Waals surface area contributed by atoms with E-state index in [-0.39, 0.29) is 23.9 Å². The van der Waals surface area contributed by atoms with Gasteiger partial charge in [-0.1, -0.05) is 0 Å². The number of benzene rings is 1. The number of fused-ring (bicyclic) bond motifs is 3. The molecule has 1 saturated carbocycles. The quantitative estimate of drug-likeness (QED) is 0.819. The first-order valence-corrected chi connectivity index (χ1v) is 10.2. The SMILES string of the molecule is CCNC(=O)CC1N=C(CC2CC2)c2cc(OC)ccc2-c2cn(C)c(=O)cc21. The first-order chi connectivity index (χ1) is 14.0. The number of pyridine rings is 1. The van der Waals surface area contributed by atoms with Crippen LogP contribution in [-0.4, -0.2) is 29.8 Å². The molecule has 0 bridgehead atoms. The summed E-state index contributed by atoms with van der Waals surface area (Å²) in [5, 5.41) is 2.87. The van der Waals surface area contributed by atoms with Gasteiger partial charge >= 0.3 is 0 Å². The van der Waals surface area contributed by atoms with Gasteiger partial charge in [0.1, 0.15) is 5.75 Å². The van der Waals surface area contributed by atoms with Crippen LogP contribution in [0.1, 0.15) is 49.8 Å². The molecule has 0 spiro atoms. The number of rotatable bonds is 6. The van der Waals surface area contributed by atoms with Crippen LogP contribution in [0.2, 0.25) is 0 Å². The van der Waals surface area contributed by atoms with Crippen molar-refractivity contribution >= 4 is 11.6 Å². The molecule has 29 heavy (non-hydrogen) atoms. The van der Waals surface area contributed by atoms with Gasteiger partial charge in [-0.05, 0) is 61.4 Å². The van der Waals surface area contributed by atoms with Crippen molar-refractivity contribution in [3.8, 4) is 16.9 Å². The van der Waals surface area contributed by atoms with E-state index in [1.165, 1.54) is 12.8 Å². The minimum atomic E-state index is -0.377. The van der Waals surface area contributed by atoms with E-state index in [0.29, 0.717) is 12.5 Å². The molecule has 1 atom stereocenters. The van der Waals surface area contributed by atoms with Crippen molar-refractivity contribution in [1.82, 2.24) is 9.88 Å². The van der Waals surface area contributed by atoms with Crippen LogP contribution in [0.25, 0.3) is 11.1 Å². The van der Waals surface area contributed by atoms with Crippen molar-refractivity contribution in [1.29, 1.82) is 0 Å². The lowest BCUT2D eigenvalue weighted by Crippen LogP contribution is -2.25. The largest absolute Gasteiger partial charge is 0.497 e. The lowest BCUT2D eigenvalue weighted by molar-refractivity contribution is -0.121. The third kappa shape index (κ3) is 3.97. The number of nitrogens with zero attached hydrogens (tertiary/aromatic N) is 2. The van der Waals surface area contributed by atoms with E-state index in [1.807, 2.05) is 31.3 Å². The van der Waals surface area contributed by atoms with Crippen molar-refractivity contribution in [3.63, 3.8) is 0 Å². The number of carbonyl (C=O) groups excluding carboxylic acids is 1. The highest BCUT2D eigenvalue weighted by molar-refractivity contribution is 6.08. The van der Waals surface area contributed by atoms with Crippen molar-refractivity contribution < 1.29 is 9.53 Å². The minimum absolute atomic E-state index is 0.0535. The number of carbonyl (C=O) groups is 1. The van der Waals surface area contributed by atoms with Crippen LogP contribution >= 0.6 is 0 Å². The van der Waals surface area contributed by atoms with Gasteiger partial charge in [0.05, 0.1) is 19.6 Å². The van der Waals surface area contributed by atoms with Gasteiger partial charge in [0.15, 0.2) is 0 Å². The molecule has 1 fully saturated rings. The third-order valence-electron chi connectivity index (χ3n) is 5.69. The molecule has 1 unspecified atom stereocenters. The molecule has 2 heterocycles. The second-order valence-electron chi connectivity index (χ2n) is 7.90. The highest BCUT2D eigenvalue weighted by Gasteiger charge is 2.30. The summed E-state index contributed by atoms with van der Waals surface area (Å²) < 4.78 is 7.06. The Morgan fingerprint density at radius 3 is 2.72 bits per heavy atom. The fourth-order valence-electron chi connectivity index (χ4n) is 3.95. The highest BCUT2D eigenvalue weighted by atomic mass is 16.5. The number of amides is 1. The Morgan fingerprint density at radius 1 is 1.24 bits per heavy atom. The van der Waals surface area contributed by atoms with Crippen molar-refractivity contribution in [2.24, 2.45) is 18.0 Å². The predicted molar refractivity (Wildman–Crippen MR) is 114 cm³/mol. The number of aryl methyl sites for hydroxylation is 1. The Morgan fingerprint density at radius 2 is 2.03 bits per heavy atom. The molecule has 2 aliphatic rings. The Balaban J connectivity index is 1.91. The van der Waals surface area contributed by atoms with Crippen LogP contribution in [0.3, 0.4) is 0 Å². The minimum Gasteiger partial charge on any atom is -0.497 e. The maximum Gasteiger partial charge on any atom is 0.250 e. The fraction of sp³-hybridized carbons (Fsp3) is 0.435. The van der Waals surface area contributed by atoms with Gasteiger partial charge < -0.3 is 14.6 Å². The molecule has 0 radical (unpaired) electrons. The number of nitrogens with one attached hydrogen (secondary N) is 1. The average Bonchev–Trinajstić information content (AvgIpc) is 3.53. The zero-order valence-electron chi connectivity index (χ0n) is 17.2. The molecule has 4 rings (SSSR count). The normalized spacial score (nSPS) is 17.6. The lowest BCUT2D eigenvalue weighted by Gasteiger charge is -2.16. The van der Waals surface area contributed by atoms with E-state index < -0.39 is 0 Å². The molecule has 2 aromatic rings. The summed E-state index contributed by atoms with van der Waals surface area (Å²) in [7, 11) is 3.41. The topological polar surface area (TPSA) is 72.7 Å². The van der Waals surface area contributed by atoms with Gasteiger partial charge in [0.25, 0.3) is 5.56 Å². The summed E-state index contributed by atoms with van der Waals surface area (Å²) in [5.74, 6) is 1.37. The molecule has 1 amide bonds. The maximum atomic E-state index is 12.4. The second kappa shape index (κ2) is 7.85. The molecule has 0 saturated heterocycles. The standard InChI is InChI=1S/C23H27N3O3/c1-4-24-22(27)12-21-18-11-23(28)26(2)13-19(18)16-8-7-15(29-3)10-17(16)20(25-21)9-14-5-6-14/h7-8,10-11,13-14,21H,4-6,9,12H2,1-3H3,(H,24,27). The van der Waals surface area contributed by atoms with Gasteiger partial charge in [0.2, 0.25) is 5.91 Å². The van der Waals surface area contributed by atoms with E-state index in [1.54, 1.807) is 24.8 Å². The fourth-order valence-corrected chi connectivity index (χ4v) is 3.95. The van der Waals surface area contributed by atoms with Crippen molar-refractivity contribution in [3.05, 3.63) is 51.9 Å². The van der Waals surface area contributed by atoms with Gasteiger partial charge in [-0.15, -0.1) is 0 Å². The monoisotopic (exact) mass is 393 g/mol. The van der Waals surface area contributed by atoms with Gasteiger partial charge in [0, 0.05) is 42.7 Å². The van der Waals surface area contributed by atoms with E-state index in [2.05, 4.69) is 5.32 Å². The van der Waals surface area contributed by atoms with E-state index >= 15 is 0 Å². The van der Waals surface area contributed by atoms with E-state index in [9.17, 15) is 9.59 Å². The highest BCUT2D eigenvalue weighted by Crippen LogP contribution is 2.41. The summed E-state index contributed by atoms with van der Waals surface area (Å²) in [6.45, 7) is 2.48. The number of methoxy groups -OCH3 is 1. The zero-order valence-corrected chi connectivity index (χ0v) is 17.2. The van der Waals surface area contributed by atoms with Gasteiger partial charge in [-0.3, -0.25) is 14.6 Å². The number of hydrogen-bond acceptors (Lipinski definition) is 4. The molecule has 1 aliphatic heterocycles. The molecule has 6 heteroatoms. The van der Waals surface area contributed by atoms with Crippen LogP contribution < -0.4 is 15.6 Å². The first-order valence-electron chi connectivity index (χ1n) is 10.2. The smallest absolute Gasteiger partial charge is 0.250 e. The number of ether oxygens (including phenoxy) is 1. The Kier molecular flexibility index (Phi) is 5.26. The molecule has 1 aliphatic carbocycles. The summed E-state index contributed by atoms with van der Waals surface area (Å²) >= 11 is 0. The number of aliphatic imine (C=N–C) groups is 1. The Labute approximate surface area is 170 Å². The molecule has 1 N–H and O–H groups in total. The lowest BCUT2D eigenvalue weighted by atomic mass is 9.92. The second-order valence-corrected chi connectivity index (χ2v) is 7.90. The predicted octanol–water partition coefficient (Wildman–Crippen LogP) is 3.23.